The molecule has 8 heterocycles. The van der Waals surface area contributed by atoms with Crippen molar-refractivity contribution in [1.82, 2.24) is 49.5 Å². The molecule has 1 atom stereocenters. The average molecular weight is 862 g/mol. The fourth-order valence-electron chi connectivity index (χ4n) is 10.5. The third-order valence-corrected chi connectivity index (χ3v) is 14.4. The molecule has 0 unspecified atom stereocenters. The molecule has 0 radical (unpaired) electrons. The van der Waals surface area contributed by atoms with Crippen LogP contribution in [0.3, 0.4) is 0 Å². The SMILES string of the molecule is CCC1(c2ncccn2)CCN(c2ccc(-c3nc(-c4cnn(C5CCC(N6CCC(c7ccc(N[C@@H]8CCC(=O)NC8=O)cc7F)CC6)CC5)c4)cn4ncc(C#N)c34)cn2)CC1. The monoisotopic (exact) mass is 861 g/mol. The molecule has 0 spiro atoms. The van der Waals surface area contributed by atoms with Crippen LogP contribution >= 0.6 is 0 Å². The number of carbonyl (C=O) groups excluding carboxylic acids is 2. The summed E-state index contributed by atoms with van der Waals surface area (Å²) in [5, 5.41) is 24.8. The van der Waals surface area contributed by atoms with Gasteiger partial charge in [0.05, 0.1) is 36.0 Å². The largest absolute Gasteiger partial charge is 0.374 e. The molecule has 10 rings (SSSR count). The molecule has 16 heteroatoms. The Morgan fingerprint density at radius 1 is 0.875 bits per heavy atom. The van der Waals surface area contributed by atoms with Gasteiger partial charge in [-0.2, -0.15) is 15.5 Å². The molecule has 1 aromatic carbocycles. The summed E-state index contributed by atoms with van der Waals surface area (Å²) in [6, 6.07) is 13.6. The molecule has 4 aliphatic rings. The van der Waals surface area contributed by atoms with E-state index in [1.807, 2.05) is 61.3 Å². The van der Waals surface area contributed by atoms with E-state index in [0.717, 1.165) is 112 Å². The Morgan fingerprint density at radius 2 is 1.66 bits per heavy atom. The molecular weight excluding hydrogens is 810 g/mol. The lowest BCUT2D eigenvalue weighted by atomic mass is 9.75. The van der Waals surface area contributed by atoms with Crippen LogP contribution < -0.4 is 15.5 Å². The second kappa shape index (κ2) is 17.5. The minimum atomic E-state index is -0.544. The molecule has 64 heavy (non-hydrogen) atoms. The highest BCUT2D eigenvalue weighted by Crippen LogP contribution is 2.39. The van der Waals surface area contributed by atoms with Crippen molar-refractivity contribution in [3.05, 3.63) is 103 Å². The molecule has 328 valence electrons. The Labute approximate surface area is 371 Å². The van der Waals surface area contributed by atoms with Gasteiger partial charge in [0.15, 0.2) is 0 Å². The van der Waals surface area contributed by atoms with E-state index in [9.17, 15) is 14.9 Å². The van der Waals surface area contributed by atoms with Crippen molar-refractivity contribution >= 4 is 28.8 Å². The highest BCUT2D eigenvalue weighted by Gasteiger charge is 2.38. The van der Waals surface area contributed by atoms with Gasteiger partial charge in [0.25, 0.3) is 0 Å². The second-order valence-electron chi connectivity index (χ2n) is 17.9. The molecule has 6 aromatic rings. The summed E-state index contributed by atoms with van der Waals surface area (Å²) < 4.78 is 19.2. The van der Waals surface area contributed by atoms with Crippen molar-refractivity contribution in [3.8, 4) is 28.6 Å². The first kappa shape index (κ1) is 41.4. The summed E-state index contributed by atoms with van der Waals surface area (Å²) in [4.78, 5) is 47.9. The molecule has 5 aromatic heterocycles. The number of halogens is 1. The predicted molar refractivity (Wildman–Crippen MR) is 239 cm³/mol. The maximum absolute atomic E-state index is 15.4. The zero-order chi connectivity index (χ0) is 43.8. The number of hydrogen-bond donors (Lipinski definition) is 2. The number of hydrogen-bond acceptors (Lipinski definition) is 12. The van der Waals surface area contributed by atoms with Crippen LogP contribution in [0.1, 0.15) is 106 Å². The summed E-state index contributed by atoms with van der Waals surface area (Å²) in [6.45, 7) is 5.80. The number of benzene rings is 1. The first-order valence-corrected chi connectivity index (χ1v) is 22.7. The van der Waals surface area contributed by atoms with Crippen LogP contribution in [0.5, 0.6) is 0 Å². The normalized spacial score (nSPS) is 22.0. The highest BCUT2D eigenvalue weighted by atomic mass is 19.1. The van der Waals surface area contributed by atoms with Gasteiger partial charge < -0.3 is 15.1 Å². The number of nitriles is 1. The number of carbonyl (C=O) groups is 2. The van der Waals surface area contributed by atoms with E-state index < -0.39 is 6.04 Å². The van der Waals surface area contributed by atoms with Crippen molar-refractivity contribution in [2.45, 2.75) is 107 Å². The highest BCUT2D eigenvalue weighted by molar-refractivity contribution is 6.01. The Balaban J connectivity index is 0.765. The molecule has 1 aliphatic carbocycles. The Bertz CT molecular complexity index is 2690. The lowest BCUT2D eigenvalue weighted by molar-refractivity contribution is -0.133. The fraction of sp³-hybridized carbons (Fsp3) is 0.438. The number of anilines is 2. The minimum absolute atomic E-state index is 0.0294. The van der Waals surface area contributed by atoms with Crippen molar-refractivity contribution in [3.63, 3.8) is 0 Å². The summed E-state index contributed by atoms with van der Waals surface area (Å²) in [7, 11) is 0. The van der Waals surface area contributed by atoms with Gasteiger partial charge in [-0.15, -0.1) is 0 Å². The van der Waals surface area contributed by atoms with E-state index in [0.29, 0.717) is 40.6 Å². The van der Waals surface area contributed by atoms with Crippen LogP contribution in [0.2, 0.25) is 0 Å². The lowest BCUT2D eigenvalue weighted by Gasteiger charge is -2.41. The Hall–Kier alpha value is -6.60. The number of nitrogens with zero attached hydrogens (tertiary/aromatic N) is 11. The fourth-order valence-corrected chi connectivity index (χ4v) is 10.5. The number of likely N-dealkylation sites (tertiary alicyclic amines) is 1. The predicted octanol–water partition coefficient (Wildman–Crippen LogP) is 6.98. The van der Waals surface area contributed by atoms with Crippen molar-refractivity contribution in [2.24, 2.45) is 0 Å². The molecule has 3 aliphatic heterocycles. The third kappa shape index (κ3) is 8.09. The van der Waals surface area contributed by atoms with Gasteiger partial charge in [-0.3, -0.25) is 19.6 Å². The maximum atomic E-state index is 15.4. The first-order chi connectivity index (χ1) is 31.3. The van der Waals surface area contributed by atoms with Crippen LogP contribution in [-0.2, 0) is 15.0 Å². The number of nitrogens with one attached hydrogen (secondary N) is 2. The van der Waals surface area contributed by atoms with E-state index in [1.54, 1.807) is 10.7 Å². The summed E-state index contributed by atoms with van der Waals surface area (Å²) in [5.74, 6) is 1.09. The summed E-state index contributed by atoms with van der Waals surface area (Å²) >= 11 is 0. The average Bonchev–Trinajstić information content (AvgIpc) is 4.01. The first-order valence-electron chi connectivity index (χ1n) is 22.7. The lowest BCUT2D eigenvalue weighted by Crippen LogP contribution is -2.47. The molecule has 1 saturated carbocycles. The molecule has 0 bridgehead atoms. The van der Waals surface area contributed by atoms with Crippen LogP contribution in [0.4, 0.5) is 15.9 Å². The van der Waals surface area contributed by atoms with Crippen LogP contribution in [0, 0.1) is 17.1 Å². The summed E-state index contributed by atoms with van der Waals surface area (Å²) in [6.07, 6.45) is 22.4. The molecule has 3 saturated heterocycles. The number of piperidine rings is 3. The van der Waals surface area contributed by atoms with Crippen LogP contribution in [0.15, 0.2) is 79.8 Å². The van der Waals surface area contributed by atoms with Crippen molar-refractivity contribution in [1.29, 1.82) is 5.26 Å². The Morgan fingerprint density at radius 3 is 2.36 bits per heavy atom. The Kier molecular flexibility index (Phi) is 11.3. The smallest absolute Gasteiger partial charge is 0.249 e. The van der Waals surface area contributed by atoms with E-state index in [2.05, 4.69) is 59.4 Å². The third-order valence-electron chi connectivity index (χ3n) is 14.4. The number of fused-ring (bicyclic) bond motifs is 1. The van der Waals surface area contributed by atoms with Gasteiger partial charge in [0, 0.05) is 72.6 Å². The van der Waals surface area contributed by atoms with Gasteiger partial charge in [0.1, 0.15) is 40.7 Å². The quantitative estimate of drug-likeness (QED) is 0.135. The van der Waals surface area contributed by atoms with E-state index in [4.69, 9.17) is 15.1 Å². The maximum Gasteiger partial charge on any atom is 0.249 e. The standard InChI is InChI=1S/C48H52FN13O2/c1-2-48(47-51-18-3-19-52-47)16-22-60(23-17-48)42-12-4-32(26-53-42)44-45-33(25-50)27-55-62(45)30-41(57-44)34-28-54-61(29-34)37-8-6-36(7-9-37)59-20-14-31(15-21-59)38-10-5-35(24-39(38)49)56-40-11-13-43(63)58-46(40)64/h3-5,10,12,18-19,24,26-31,36-37,40,56H,2,6-9,11,13-17,20-23H2,1H3,(H,58,63,64)/t36?,37?,40-/m1/s1. The topological polar surface area (TPSA) is 175 Å². The molecular formula is C48H52FN13O2. The number of imide groups is 1. The number of pyridine rings is 1. The second-order valence-corrected chi connectivity index (χ2v) is 17.9. The van der Waals surface area contributed by atoms with E-state index in [1.165, 1.54) is 6.07 Å². The molecule has 2 N–H and O–H groups in total. The van der Waals surface area contributed by atoms with Crippen molar-refractivity contribution < 1.29 is 14.0 Å². The van der Waals surface area contributed by atoms with Gasteiger partial charge >= 0.3 is 0 Å². The number of aromatic nitrogens is 8. The van der Waals surface area contributed by atoms with Crippen LogP contribution in [-0.4, -0.2) is 94.3 Å². The van der Waals surface area contributed by atoms with Gasteiger partial charge in [0.2, 0.25) is 11.8 Å². The molecule has 2 amide bonds. The van der Waals surface area contributed by atoms with E-state index >= 15 is 4.39 Å². The van der Waals surface area contributed by atoms with Gasteiger partial charge in [-0.05, 0) is 119 Å². The zero-order valence-electron chi connectivity index (χ0n) is 36.0. The van der Waals surface area contributed by atoms with Crippen LogP contribution in [0.25, 0.3) is 28.0 Å². The van der Waals surface area contributed by atoms with E-state index in [-0.39, 0.29) is 41.4 Å². The zero-order valence-corrected chi connectivity index (χ0v) is 36.0. The number of amides is 2. The minimum Gasteiger partial charge on any atom is -0.374 e. The van der Waals surface area contributed by atoms with Gasteiger partial charge in [-0.1, -0.05) is 13.0 Å². The number of rotatable bonds is 10. The molecule has 15 nitrogen and oxygen atoms in total. The van der Waals surface area contributed by atoms with Crippen molar-refractivity contribution in [2.75, 3.05) is 36.4 Å². The summed E-state index contributed by atoms with van der Waals surface area (Å²) in [5.41, 5.74) is 5.40. The van der Waals surface area contributed by atoms with Gasteiger partial charge in [-0.25, -0.2) is 28.8 Å². The molecule has 4 fully saturated rings.